The molecule has 0 bridgehead atoms. The number of primary amides is 1. The molecule has 2 unspecified atom stereocenters. The number of rotatable bonds is 7. The van der Waals surface area contributed by atoms with Crippen LogP contribution in [0.5, 0.6) is 0 Å². The minimum Gasteiger partial charge on any atom is -0.380 e. The van der Waals surface area contributed by atoms with Gasteiger partial charge >= 0.3 is 0 Å². The number of hydrogen-bond donors (Lipinski definition) is 4. The van der Waals surface area contributed by atoms with Gasteiger partial charge in [0.25, 0.3) is 5.91 Å². The molecule has 0 spiro atoms. The van der Waals surface area contributed by atoms with Crippen LogP contribution in [0.15, 0.2) is 24.5 Å². The quantitative estimate of drug-likeness (QED) is 0.573. The Kier molecular flexibility index (Phi) is 6.37. The Hall–Kier alpha value is -2.78. The molecule has 1 saturated carbocycles. The van der Waals surface area contributed by atoms with Crippen molar-refractivity contribution in [3.8, 4) is 0 Å². The molecule has 0 saturated heterocycles. The highest BCUT2D eigenvalue weighted by molar-refractivity contribution is 5.98. The van der Waals surface area contributed by atoms with Gasteiger partial charge in [0.2, 0.25) is 0 Å². The molecule has 8 nitrogen and oxygen atoms in total. The topological polar surface area (TPSA) is 128 Å². The molecule has 2 heterocycles. The Morgan fingerprint density at radius 3 is 2.79 bits per heavy atom. The second-order valence-electron chi connectivity index (χ2n) is 6.92. The molecule has 1 amide bonds. The summed E-state index contributed by atoms with van der Waals surface area (Å²) in [4.78, 5) is 20.2. The summed E-state index contributed by atoms with van der Waals surface area (Å²) in [5, 5.41) is 6.08. The summed E-state index contributed by atoms with van der Waals surface area (Å²) in [6.45, 7) is 0.383. The smallest absolute Gasteiger partial charge is 0.252 e. The average molecular weight is 388 g/mol. The van der Waals surface area contributed by atoms with Crippen LogP contribution in [0.3, 0.4) is 0 Å². The Morgan fingerprint density at radius 2 is 2.07 bits per heavy atom. The van der Waals surface area contributed by atoms with Crippen LogP contribution in [0.25, 0.3) is 0 Å². The first-order chi connectivity index (χ1) is 13.5. The van der Waals surface area contributed by atoms with Crippen LogP contribution < -0.4 is 22.1 Å². The zero-order chi connectivity index (χ0) is 20.1. The lowest BCUT2D eigenvalue weighted by molar-refractivity contribution is 0.100. The predicted octanol–water partition coefficient (Wildman–Crippen LogP) is 2.29. The van der Waals surface area contributed by atoms with Gasteiger partial charge in [-0.1, -0.05) is 12.8 Å². The predicted molar refractivity (Wildman–Crippen MR) is 105 cm³/mol. The molecular formula is C19H25FN6O2. The molecule has 0 aromatic carbocycles. The summed E-state index contributed by atoms with van der Waals surface area (Å²) in [5.74, 6) is -1.24. The fourth-order valence-corrected chi connectivity index (χ4v) is 3.33. The van der Waals surface area contributed by atoms with Crippen LogP contribution >= 0.6 is 0 Å². The summed E-state index contributed by atoms with van der Waals surface area (Å²) in [5.41, 5.74) is 12.9. The van der Waals surface area contributed by atoms with Gasteiger partial charge in [-0.2, -0.15) is 0 Å². The maximum Gasteiger partial charge on any atom is 0.252 e. The van der Waals surface area contributed by atoms with Gasteiger partial charge in [-0.3, -0.25) is 9.78 Å². The van der Waals surface area contributed by atoms with Crippen molar-refractivity contribution in [3.05, 3.63) is 41.5 Å². The number of halogens is 1. The molecule has 2 aromatic rings. The fourth-order valence-electron chi connectivity index (χ4n) is 3.33. The van der Waals surface area contributed by atoms with Crippen molar-refractivity contribution in [2.45, 2.75) is 44.4 Å². The number of hydrogen-bond acceptors (Lipinski definition) is 7. The van der Waals surface area contributed by atoms with Crippen LogP contribution in [0.4, 0.5) is 21.7 Å². The molecular weight excluding hydrogens is 363 g/mol. The number of anilines is 3. The van der Waals surface area contributed by atoms with Gasteiger partial charge in [-0.05, 0) is 30.5 Å². The molecule has 1 fully saturated rings. The number of nitrogens with one attached hydrogen (secondary N) is 2. The monoisotopic (exact) mass is 388 g/mol. The molecule has 28 heavy (non-hydrogen) atoms. The van der Waals surface area contributed by atoms with Crippen LogP contribution in [0.2, 0.25) is 0 Å². The number of methoxy groups -OCH3 is 1. The molecule has 1 aliphatic carbocycles. The molecule has 150 valence electrons. The Bertz CT molecular complexity index is 847. The van der Waals surface area contributed by atoms with E-state index in [0.29, 0.717) is 12.3 Å². The molecule has 0 radical (unpaired) electrons. The number of nitrogens with two attached hydrogens (primary N) is 2. The summed E-state index contributed by atoms with van der Waals surface area (Å²) in [6.07, 6.45) is 7.04. The van der Waals surface area contributed by atoms with Gasteiger partial charge in [-0.15, -0.1) is 0 Å². The van der Waals surface area contributed by atoms with Gasteiger partial charge in [0.15, 0.2) is 11.6 Å². The lowest BCUT2D eigenvalue weighted by Crippen LogP contribution is -2.43. The van der Waals surface area contributed by atoms with E-state index >= 15 is 0 Å². The minimum absolute atomic E-state index is 0.0378. The average Bonchev–Trinajstić information content (AvgIpc) is 2.66. The molecule has 2 aromatic heterocycles. The van der Waals surface area contributed by atoms with Gasteiger partial charge in [-0.25, -0.2) is 9.37 Å². The summed E-state index contributed by atoms with van der Waals surface area (Å²) in [6, 6.07) is 2.74. The standard InChI is InChI=1S/C19H25FN6O2/c1-28-10-11-6-12(9-23-8-11)24-18-13(17(22)27)7-14(20)19(26-18)25-16-5-3-2-4-15(16)21/h6-9,15-16H,2-5,10,21H2,1H3,(H2,22,27)(H2,24,25,26). The zero-order valence-electron chi connectivity index (χ0n) is 15.7. The largest absolute Gasteiger partial charge is 0.380 e. The molecule has 9 heteroatoms. The van der Waals surface area contributed by atoms with Crippen molar-refractivity contribution in [1.29, 1.82) is 0 Å². The number of ether oxygens (including phenoxy) is 1. The van der Waals surface area contributed by atoms with Crippen molar-refractivity contribution < 1.29 is 13.9 Å². The van der Waals surface area contributed by atoms with Gasteiger partial charge < -0.3 is 26.8 Å². The third-order valence-electron chi connectivity index (χ3n) is 4.75. The minimum atomic E-state index is -0.782. The first-order valence-electron chi connectivity index (χ1n) is 9.20. The highest BCUT2D eigenvalue weighted by Gasteiger charge is 2.24. The zero-order valence-corrected chi connectivity index (χ0v) is 15.7. The van der Waals surface area contributed by atoms with Crippen molar-refractivity contribution >= 4 is 23.2 Å². The Labute approximate surface area is 162 Å². The number of pyridine rings is 2. The number of amides is 1. The SMILES string of the molecule is COCc1cncc(Nc2nc(NC3CCCCC3N)c(F)cc2C(N)=O)c1. The van der Waals surface area contributed by atoms with Crippen molar-refractivity contribution in [2.75, 3.05) is 17.7 Å². The van der Waals surface area contributed by atoms with Gasteiger partial charge in [0.05, 0.1) is 24.1 Å². The van der Waals surface area contributed by atoms with E-state index in [1.165, 1.54) is 0 Å². The molecule has 2 atom stereocenters. The van der Waals surface area contributed by atoms with Crippen LogP contribution in [-0.2, 0) is 11.3 Å². The van der Waals surface area contributed by atoms with Crippen LogP contribution in [-0.4, -0.2) is 35.1 Å². The van der Waals surface area contributed by atoms with Crippen LogP contribution in [0.1, 0.15) is 41.6 Å². The van der Waals surface area contributed by atoms with Crippen molar-refractivity contribution in [1.82, 2.24) is 9.97 Å². The summed E-state index contributed by atoms with van der Waals surface area (Å²) in [7, 11) is 1.58. The van der Waals surface area contributed by atoms with Crippen molar-refractivity contribution in [3.63, 3.8) is 0 Å². The molecule has 0 aliphatic heterocycles. The molecule has 1 aliphatic rings. The lowest BCUT2D eigenvalue weighted by atomic mass is 9.91. The maximum atomic E-state index is 14.5. The Balaban J connectivity index is 1.90. The van der Waals surface area contributed by atoms with E-state index in [4.69, 9.17) is 16.2 Å². The molecule has 6 N–H and O–H groups in total. The number of carbonyl (C=O) groups is 1. The first-order valence-corrected chi connectivity index (χ1v) is 9.20. The van der Waals surface area contributed by atoms with E-state index in [-0.39, 0.29) is 29.3 Å². The van der Waals surface area contributed by atoms with E-state index in [1.54, 1.807) is 25.6 Å². The van der Waals surface area contributed by atoms with E-state index in [2.05, 4.69) is 20.6 Å². The third kappa shape index (κ3) is 4.73. The van der Waals surface area contributed by atoms with Gasteiger partial charge in [0, 0.05) is 25.4 Å². The third-order valence-corrected chi connectivity index (χ3v) is 4.75. The van der Waals surface area contributed by atoms with Crippen molar-refractivity contribution in [2.24, 2.45) is 11.5 Å². The lowest BCUT2D eigenvalue weighted by Gasteiger charge is -2.30. The van der Waals surface area contributed by atoms with E-state index in [0.717, 1.165) is 37.3 Å². The maximum absolute atomic E-state index is 14.5. The van der Waals surface area contributed by atoms with Gasteiger partial charge in [0.1, 0.15) is 5.82 Å². The normalized spacial score (nSPS) is 19.2. The molecule has 3 rings (SSSR count). The highest BCUT2D eigenvalue weighted by atomic mass is 19.1. The highest BCUT2D eigenvalue weighted by Crippen LogP contribution is 2.26. The summed E-state index contributed by atoms with van der Waals surface area (Å²) >= 11 is 0. The fraction of sp³-hybridized carbons (Fsp3) is 0.421. The second-order valence-corrected chi connectivity index (χ2v) is 6.92. The number of aromatic nitrogens is 2. The Morgan fingerprint density at radius 1 is 1.29 bits per heavy atom. The number of nitrogens with zero attached hydrogens (tertiary/aromatic N) is 2. The second kappa shape index (κ2) is 8.94. The summed E-state index contributed by atoms with van der Waals surface area (Å²) < 4.78 is 19.6. The van der Waals surface area contributed by atoms with E-state index in [9.17, 15) is 9.18 Å². The first kappa shape index (κ1) is 20.0. The van der Waals surface area contributed by atoms with E-state index < -0.39 is 11.7 Å². The van der Waals surface area contributed by atoms with Crippen LogP contribution in [0, 0.1) is 5.82 Å². The van der Waals surface area contributed by atoms with E-state index in [1.807, 2.05) is 0 Å². The number of carbonyl (C=O) groups excluding carboxylic acids is 1.